The van der Waals surface area contributed by atoms with Crippen molar-refractivity contribution in [2.45, 2.75) is 37.1 Å². The highest BCUT2D eigenvalue weighted by molar-refractivity contribution is 8.01. The van der Waals surface area contributed by atoms with Crippen molar-refractivity contribution < 1.29 is 4.79 Å². The van der Waals surface area contributed by atoms with Gasteiger partial charge in [0.05, 0.1) is 0 Å². The molecule has 1 aromatic carbocycles. The number of likely N-dealkylation sites (tertiary alicyclic amines) is 1. The zero-order valence-electron chi connectivity index (χ0n) is 14.5. The van der Waals surface area contributed by atoms with Crippen molar-refractivity contribution in [3.05, 3.63) is 35.9 Å². The van der Waals surface area contributed by atoms with Gasteiger partial charge in [0.2, 0.25) is 11.0 Å². The number of amides is 1. The molecule has 2 aromatic rings. The topological polar surface area (TPSA) is 58.1 Å². The average Bonchev–Trinajstić information content (AvgIpc) is 3.08. The minimum atomic E-state index is 0.0719. The van der Waals surface area contributed by atoms with Gasteiger partial charge < -0.3 is 5.32 Å². The molecule has 0 aliphatic carbocycles. The van der Waals surface area contributed by atoms with E-state index in [1.165, 1.54) is 16.9 Å². The van der Waals surface area contributed by atoms with Gasteiger partial charge in [-0.15, -0.1) is 10.2 Å². The molecule has 0 atom stereocenters. The number of aromatic nitrogens is 2. The minimum absolute atomic E-state index is 0.0719. The zero-order valence-corrected chi connectivity index (χ0v) is 16.1. The Balaban J connectivity index is 1.44. The van der Waals surface area contributed by atoms with Gasteiger partial charge in [-0.25, -0.2) is 0 Å². The van der Waals surface area contributed by atoms with E-state index >= 15 is 0 Å². The molecule has 1 N–H and O–H groups in total. The van der Waals surface area contributed by atoms with Crippen LogP contribution in [0.3, 0.4) is 0 Å². The molecule has 25 heavy (non-hydrogen) atoms. The fraction of sp³-hybridized carbons (Fsp3) is 0.500. The van der Waals surface area contributed by atoms with E-state index in [-0.39, 0.29) is 11.8 Å². The summed E-state index contributed by atoms with van der Waals surface area (Å²) in [5, 5.41) is 11.8. The fourth-order valence-electron chi connectivity index (χ4n) is 2.91. The van der Waals surface area contributed by atoms with Crippen LogP contribution in [0.2, 0.25) is 0 Å². The molecule has 2 heterocycles. The van der Waals surface area contributed by atoms with Crippen LogP contribution < -0.4 is 5.32 Å². The summed E-state index contributed by atoms with van der Waals surface area (Å²) >= 11 is 3.16. The quantitative estimate of drug-likeness (QED) is 0.587. The van der Waals surface area contributed by atoms with Crippen LogP contribution in [0, 0.1) is 5.92 Å². The van der Waals surface area contributed by atoms with E-state index in [0.717, 1.165) is 49.0 Å². The number of rotatable bonds is 7. The van der Waals surface area contributed by atoms with Crippen molar-refractivity contribution in [3.8, 4) is 0 Å². The van der Waals surface area contributed by atoms with Crippen LogP contribution in [0.25, 0.3) is 0 Å². The summed E-state index contributed by atoms with van der Waals surface area (Å²) < 4.78 is 0.926. The molecule has 1 saturated heterocycles. The standard InChI is InChI=1S/C18H24N4OS2/c1-2-12-24-18-21-20-17(25-18)19-16(23)15-8-10-22(11-9-15)13-14-6-4-3-5-7-14/h3-7,15H,2,8-13H2,1H3,(H,19,20,23). The molecule has 3 rings (SSSR count). The summed E-state index contributed by atoms with van der Waals surface area (Å²) in [5.74, 6) is 1.19. The number of thioether (sulfide) groups is 1. The lowest BCUT2D eigenvalue weighted by molar-refractivity contribution is -0.121. The van der Waals surface area contributed by atoms with Crippen LogP contribution in [0.5, 0.6) is 0 Å². The summed E-state index contributed by atoms with van der Waals surface area (Å²) in [7, 11) is 0. The van der Waals surface area contributed by atoms with Crippen molar-refractivity contribution in [3.63, 3.8) is 0 Å². The number of hydrogen-bond donors (Lipinski definition) is 1. The molecule has 0 spiro atoms. The van der Waals surface area contributed by atoms with Gasteiger partial charge >= 0.3 is 0 Å². The van der Waals surface area contributed by atoms with Crippen LogP contribution in [0.4, 0.5) is 5.13 Å². The molecule has 5 nitrogen and oxygen atoms in total. The van der Waals surface area contributed by atoms with Gasteiger partial charge in [0.1, 0.15) is 0 Å². The molecule has 1 aromatic heterocycles. The Kier molecular flexibility index (Phi) is 6.84. The van der Waals surface area contributed by atoms with Gasteiger partial charge in [-0.1, -0.05) is 60.4 Å². The second kappa shape index (κ2) is 9.31. The molecule has 0 radical (unpaired) electrons. The Morgan fingerprint density at radius 1 is 1.28 bits per heavy atom. The Hall–Kier alpha value is -1.44. The number of hydrogen-bond acceptors (Lipinski definition) is 6. The van der Waals surface area contributed by atoms with E-state index in [2.05, 4.69) is 51.6 Å². The van der Waals surface area contributed by atoms with E-state index in [1.807, 2.05) is 6.07 Å². The Labute approximate surface area is 157 Å². The van der Waals surface area contributed by atoms with E-state index in [9.17, 15) is 4.79 Å². The maximum Gasteiger partial charge on any atom is 0.229 e. The van der Waals surface area contributed by atoms with Crippen molar-refractivity contribution in [1.82, 2.24) is 15.1 Å². The Morgan fingerprint density at radius 3 is 2.76 bits per heavy atom. The van der Waals surface area contributed by atoms with Crippen LogP contribution in [-0.4, -0.2) is 39.8 Å². The number of nitrogens with one attached hydrogen (secondary N) is 1. The van der Waals surface area contributed by atoms with Crippen molar-refractivity contribution in [2.24, 2.45) is 5.92 Å². The van der Waals surface area contributed by atoms with E-state index < -0.39 is 0 Å². The highest BCUT2D eigenvalue weighted by atomic mass is 32.2. The van der Waals surface area contributed by atoms with Gasteiger partial charge in [-0.2, -0.15) is 0 Å². The molecular weight excluding hydrogens is 352 g/mol. The summed E-state index contributed by atoms with van der Waals surface area (Å²) in [6.07, 6.45) is 2.90. The molecule has 1 amide bonds. The number of anilines is 1. The summed E-state index contributed by atoms with van der Waals surface area (Å²) in [6.45, 7) is 5.02. The third-order valence-electron chi connectivity index (χ3n) is 4.27. The van der Waals surface area contributed by atoms with Crippen LogP contribution >= 0.6 is 23.1 Å². The summed E-state index contributed by atoms with van der Waals surface area (Å²) in [6, 6.07) is 10.5. The van der Waals surface area contributed by atoms with Gasteiger partial charge in [-0.05, 0) is 37.9 Å². The SMILES string of the molecule is CCCSc1nnc(NC(=O)C2CCN(Cc3ccccc3)CC2)s1. The lowest BCUT2D eigenvalue weighted by Gasteiger charge is -2.31. The van der Waals surface area contributed by atoms with Crippen molar-refractivity contribution in [1.29, 1.82) is 0 Å². The monoisotopic (exact) mass is 376 g/mol. The summed E-state index contributed by atoms with van der Waals surface area (Å²) in [5.41, 5.74) is 1.33. The second-order valence-corrected chi connectivity index (χ2v) is 8.57. The second-order valence-electron chi connectivity index (χ2n) is 6.25. The summed E-state index contributed by atoms with van der Waals surface area (Å²) in [4.78, 5) is 14.9. The Morgan fingerprint density at radius 2 is 2.04 bits per heavy atom. The van der Waals surface area contributed by atoms with Gasteiger partial charge in [0.25, 0.3) is 0 Å². The predicted molar refractivity (Wildman–Crippen MR) is 104 cm³/mol. The smallest absolute Gasteiger partial charge is 0.229 e. The maximum absolute atomic E-state index is 12.5. The molecule has 0 unspecified atom stereocenters. The largest absolute Gasteiger partial charge is 0.300 e. The fourth-order valence-corrected chi connectivity index (χ4v) is 4.59. The third kappa shape index (κ3) is 5.52. The van der Waals surface area contributed by atoms with Gasteiger partial charge in [0.15, 0.2) is 4.34 Å². The number of carbonyl (C=O) groups is 1. The zero-order chi connectivity index (χ0) is 17.5. The third-order valence-corrected chi connectivity index (χ3v) is 6.45. The minimum Gasteiger partial charge on any atom is -0.300 e. The molecule has 134 valence electrons. The lowest BCUT2D eigenvalue weighted by atomic mass is 9.95. The first kappa shape index (κ1) is 18.4. The molecule has 0 bridgehead atoms. The highest BCUT2D eigenvalue weighted by Crippen LogP contribution is 2.27. The van der Waals surface area contributed by atoms with Crippen molar-refractivity contribution >= 4 is 34.1 Å². The average molecular weight is 377 g/mol. The first-order valence-corrected chi connectivity index (χ1v) is 10.6. The van der Waals surface area contributed by atoms with E-state index in [4.69, 9.17) is 0 Å². The first-order chi connectivity index (χ1) is 12.2. The normalized spacial score (nSPS) is 16.0. The van der Waals surface area contributed by atoms with E-state index in [1.54, 1.807) is 11.8 Å². The predicted octanol–water partition coefficient (Wildman–Crippen LogP) is 3.89. The molecule has 0 saturated carbocycles. The first-order valence-electron chi connectivity index (χ1n) is 8.78. The number of benzene rings is 1. The van der Waals surface area contributed by atoms with Gasteiger partial charge in [0, 0.05) is 18.2 Å². The highest BCUT2D eigenvalue weighted by Gasteiger charge is 2.25. The number of nitrogens with zero attached hydrogens (tertiary/aromatic N) is 3. The van der Waals surface area contributed by atoms with Gasteiger partial charge in [-0.3, -0.25) is 9.69 Å². The number of carbonyl (C=O) groups excluding carboxylic acids is 1. The molecule has 7 heteroatoms. The van der Waals surface area contributed by atoms with Crippen LogP contribution in [0.1, 0.15) is 31.7 Å². The van der Waals surface area contributed by atoms with Crippen LogP contribution in [0.15, 0.2) is 34.7 Å². The molecule has 1 aliphatic rings. The molecular formula is C18H24N4OS2. The van der Waals surface area contributed by atoms with Crippen LogP contribution in [-0.2, 0) is 11.3 Å². The maximum atomic E-state index is 12.5. The molecule has 1 fully saturated rings. The molecule has 1 aliphatic heterocycles. The lowest BCUT2D eigenvalue weighted by Crippen LogP contribution is -2.37. The van der Waals surface area contributed by atoms with Crippen molar-refractivity contribution in [2.75, 3.05) is 24.2 Å². The van der Waals surface area contributed by atoms with E-state index in [0.29, 0.717) is 5.13 Å². The number of piperidine rings is 1. The Bertz CT molecular complexity index is 669.